The van der Waals surface area contributed by atoms with Gasteiger partial charge in [-0.2, -0.15) is 5.10 Å². The molecule has 0 aliphatic rings. The van der Waals surface area contributed by atoms with E-state index in [-0.39, 0.29) is 0 Å². The van der Waals surface area contributed by atoms with Crippen molar-refractivity contribution in [3.63, 3.8) is 0 Å². The van der Waals surface area contributed by atoms with Gasteiger partial charge in [0.25, 0.3) is 0 Å². The maximum atomic E-state index is 4.74. The molecule has 0 unspecified atom stereocenters. The molecule has 0 saturated heterocycles. The zero-order valence-corrected chi connectivity index (χ0v) is 4.83. The fraction of sp³-hybridized carbons (Fsp3) is 0.200. The van der Waals surface area contributed by atoms with Crippen molar-refractivity contribution >= 4 is 12.6 Å². The Balaban J connectivity index is 3.50. The average Bonchev–Trinajstić information content (AvgIpc) is 1.66. The number of rotatable bonds is 2. The van der Waals surface area contributed by atoms with Gasteiger partial charge in [0.2, 0.25) is 0 Å². The van der Waals surface area contributed by atoms with Gasteiger partial charge in [-0.25, -0.2) is 4.99 Å². The van der Waals surface area contributed by atoms with Crippen LogP contribution in [0.2, 0.25) is 0 Å². The minimum Gasteiger partial charge on any atom is -0.322 e. The molecule has 2 N–H and O–H groups in total. The van der Waals surface area contributed by atoms with E-state index in [1.54, 1.807) is 6.21 Å². The van der Waals surface area contributed by atoms with Crippen molar-refractivity contribution in [1.29, 1.82) is 0 Å². The molecule has 8 heavy (non-hydrogen) atoms. The van der Waals surface area contributed by atoms with Crippen molar-refractivity contribution < 1.29 is 0 Å². The minimum absolute atomic E-state index is 0.880. The number of aliphatic imine (C=N–C) groups is 1. The Bertz CT molecular complexity index is 124. The number of allylic oxidation sites excluding steroid dienone is 1. The van der Waals surface area contributed by atoms with Crippen molar-refractivity contribution in [3.8, 4) is 0 Å². The Morgan fingerprint density at radius 1 is 1.75 bits per heavy atom. The summed E-state index contributed by atoms with van der Waals surface area (Å²) in [5.74, 6) is 4.74. The smallest absolute Gasteiger partial charge is 0.134 e. The highest BCUT2D eigenvalue weighted by atomic mass is 15.1. The summed E-state index contributed by atoms with van der Waals surface area (Å²) in [5, 5.41) is 3.14. The molecule has 0 heterocycles. The molecule has 0 aromatic heterocycles. The van der Waals surface area contributed by atoms with Crippen LogP contribution >= 0.6 is 0 Å². The lowest BCUT2D eigenvalue weighted by Gasteiger charge is -1.77. The summed E-state index contributed by atoms with van der Waals surface area (Å²) in [4.78, 5) is 3.65. The molecule has 0 aliphatic heterocycles. The van der Waals surface area contributed by atoms with Crippen LogP contribution in [-0.4, -0.2) is 12.6 Å². The molecule has 44 valence electrons. The van der Waals surface area contributed by atoms with E-state index >= 15 is 0 Å². The lowest BCUT2D eigenvalue weighted by Crippen LogP contribution is -1.80. The summed E-state index contributed by atoms with van der Waals surface area (Å²) in [6.45, 7) is 5.42. The largest absolute Gasteiger partial charge is 0.322 e. The highest BCUT2D eigenvalue weighted by Crippen LogP contribution is 1.76. The zero-order valence-electron chi connectivity index (χ0n) is 4.83. The molecule has 0 rings (SSSR count). The Hall–Kier alpha value is -1.12. The summed E-state index contributed by atoms with van der Waals surface area (Å²) >= 11 is 0. The summed E-state index contributed by atoms with van der Waals surface area (Å²) in [5.41, 5.74) is 0.880. The molecule has 0 radical (unpaired) electrons. The van der Waals surface area contributed by atoms with Crippen molar-refractivity contribution in [2.24, 2.45) is 15.9 Å². The number of hydrogen-bond donors (Lipinski definition) is 1. The molecule has 0 saturated carbocycles. The second-order valence-electron chi connectivity index (χ2n) is 1.39. The first-order valence-corrected chi connectivity index (χ1v) is 2.18. The second-order valence-corrected chi connectivity index (χ2v) is 1.39. The Kier molecular flexibility index (Phi) is 3.48. The Morgan fingerprint density at radius 3 is 2.75 bits per heavy atom. The van der Waals surface area contributed by atoms with Crippen LogP contribution in [-0.2, 0) is 0 Å². The van der Waals surface area contributed by atoms with Crippen molar-refractivity contribution in [2.75, 3.05) is 0 Å². The summed E-state index contributed by atoms with van der Waals surface area (Å²) in [6, 6.07) is 0. The topological polar surface area (TPSA) is 50.7 Å². The number of hydrazone groups is 1. The SMILES string of the molecule is C=C(C)/C=N\C=N/N. The quantitative estimate of drug-likeness (QED) is 0.240. The molecule has 0 aromatic carbocycles. The van der Waals surface area contributed by atoms with E-state index in [2.05, 4.69) is 16.7 Å². The van der Waals surface area contributed by atoms with Crippen LogP contribution in [0.25, 0.3) is 0 Å². The van der Waals surface area contributed by atoms with Crippen LogP contribution in [0.1, 0.15) is 6.92 Å². The third-order valence-corrected chi connectivity index (χ3v) is 0.428. The van der Waals surface area contributed by atoms with E-state index in [1.165, 1.54) is 6.34 Å². The highest BCUT2D eigenvalue weighted by molar-refractivity contribution is 5.83. The number of nitrogens with zero attached hydrogens (tertiary/aromatic N) is 2. The molecule has 0 aromatic rings. The fourth-order valence-corrected chi connectivity index (χ4v) is 0.199. The standard InChI is InChI=1S/C5H9N3/c1-5(2)3-7-4-8-6/h3-4H,1,6H2,2H3/b7-3-,8-4-. The van der Waals surface area contributed by atoms with Gasteiger partial charge >= 0.3 is 0 Å². The molecule has 0 amide bonds. The van der Waals surface area contributed by atoms with E-state index in [0.717, 1.165) is 5.57 Å². The van der Waals surface area contributed by atoms with Gasteiger partial charge in [0.05, 0.1) is 0 Å². The highest BCUT2D eigenvalue weighted by Gasteiger charge is 1.68. The first-order chi connectivity index (χ1) is 3.77. The third kappa shape index (κ3) is 4.88. The van der Waals surface area contributed by atoms with Crippen LogP contribution in [0.4, 0.5) is 0 Å². The molecule has 0 bridgehead atoms. The zero-order chi connectivity index (χ0) is 6.41. The van der Waals surface area contributed by atoms with Crippen LogP contribution < -0.4 is 5.84 Å². The van der Waals surface area contributed by atoms with Gasteiger partial charge in [0.1, 0.15) is 6.34 Å². The van der Waals surface area contributed by atoms with Gasteiger partial charge in [0.15, 0.2) is 0 Å². The molecule has 0 fully saturated rings. The fourth-order valence-electron chi connectivity index (χ4n) is 0.199. The number of nitrogens with two attached hydrogens (primary N) is 1. The first-order valence-electron chi connectivity index (χ1n) is 2.18. The van der Waals surface area contributed by atoms with Crippen LogP contribution in [0.5, 0.6) is 0 Å². The summed E-state index contributed by atoms with van der Waals surface area (Å²) in [6.07, 6.45) is 2.84. The Morgan fingerprint density at radius 2 is 2.38 bits per heavy atom. The molecular formula is C5H9N3. The van der Waals surface area contributed by atoms with Crippen LogP contribution in [0.3, 0.4) is 0 Å². The van der Waals surface area contributed by atoms with Crippen molar-refractivity contribution in [3.05, 3.63) is 12.2 Å². The van der Waals surface area contributed by atoms with E-state index < -0.39 is 0 Å². The van der Waals surface area contributed by atoms with Crippen molar-refractivity contribution in [2.45, 2.75) is 6.92 Å². The molecular weight excluding hydrogens is 102 g/mol. The van der Waals surface area contributed by atoms with E-state index in [1.807, 2.05) is 6.92 Å². The monoisotopic (exact) mass is 111 g/mol. The van der Waals surface area contributed by atoms with Gasteiger partial charge < -0.3 is 5.84 Å². The van der Waals surface area contributed by atoms with E-state index in [9.17, 15) is 0 Å². The van der Waals surface area contributed by atoms with Crippen LogP contribution in [0, 0.1) is 0 Å². The lowest BCUT2D eigenvalue weighted by atomic mass is 10.4. The summed E-state index contributed by atoms with van der Waals surface area (Å²) in [7, 11) is 0. The minimum atomic E-state index is 0.880. The predicted molar refractivity (Wildman–Crippen MR) is 36.0 cm³/mol. The lowest BCUT2D eigenvalue weighted by molar-refractivity contribution is 1.25. The molecule has 3 nitrogen and oxygen atoms in total. The van der Waals surface area contributed by atoms with E-state index in [4.69, 9.17) is 5.84 Å². The van der Waals surface area contributed by atoms with Crippen molar-refractivity contribution in [1.82, 2.24) is 0 Å². The van der Waals surface area contributed by atoms with Gasteiger partial charge in [-0.1, -0.05) is 6.58 Å². The van der Waals surface area contributed by atoms with Gasteiger partial charge in [0, 0.05) is 6.21 Å². The normalized spacial score (nSPS) is 11.1. The third-order valence-electron chi connectivity index (χ3n) is 0.428. The maximum absolute atomic E-state index is 4.74. The average molecular weight is 111 g/mol. The summed E-state index contributed by atoms with van der Waals surface area (Å²) < 4.78 is 0. The predicted octanol–water partition coefficient (Wildman–Crippen LogP) is 0.535. The maximum Gasteiger partial charge on any atom is 0.134 e. The van der Waals surface area contributed by atoms with E-state index in [0.29, 0.717) is 0 Å². The first kappa shape index (κ1) is 6.88. The Labute approximate surface area is 48.6 Å². The molecule has 0 atom stereocenters. The molecule has 0 spiro atoms. The van der Waals surface area contributed by atoms with Crippen LogP contribution in [0.15, 0.2) is 22.2 Å². The van der Waals surface area contributed by atoms with Gasteiger partial charge in [-0.05, 0) is 12.5 Å². The second kappa shape index (κ2) is 4.05. The number of hydrogen-bond acceptors (Lipinski definition) is 2. The van der Waals surface area contributed by atoms with Gasteiger partial charge in [-0.15, -0.1) is 0 Å². The molecule has 3 heteroatoms. The van der Waals surface area contributed by atoms with Gasteiger partial charge in [-0.3, -0.25) is 0 Å². The molecule has 0 aliphatic carbocycles.